The van der Waals surface area contributed by atoms with E-state index in [-0.39, 0.29) is 5.69 Å². The van der Waals surface area contributed by atoms with Crippen LogP contribution >= 0.6 is 0 Å². The second kappa shape index (κ2) is 4.49. The third-order valence-corrected chi connectivity index (χ3v) is 2.53. The average molecular weight is 225 g/mol. The van der Waals surface area contributed by atoms with Crippen LogP contribution in [0.5, 0.6) is 0 Å². The van der Waals surface area contributed by atoms with Crippen molar-refractivity contribution in [3.05, 3.63) is 35.3 Å². The molecule has 1 rings (SSSR count). The van der Waals surface area contributed by atoms with Crippen LogP contribution in [0.4, 0.5) is 0 Å². The van der Waals surface area contributed by atoms with Crippen molar-refractivity contribution in [3.8, 4) is 0 Å². The lowest BCUT2D eigenvalue weighted by Crippen LogP contribution is -2.40. The van der Waals surface area contributed by atoms with Gasteiger partial charge in [-0.15, -0.1) is 0 Å². The summed E-state index contributed by atoms with van der Waals surface area (Å²) in [7, 11) is 1.24. The summed E-state index contributed by atoms with van der Waals surface area (Å²) < 4.78 is 5.12. The lowest BCUT2D eigenvalue weighted by molar-refractivity contribution is -0.619. The molecule has 1 aromatic heterocycles. The van der Waals surface area contributed by atoms with E-state index < -0.39 is 17.5 Å². The summed E-state index contributed by atoms with van der Waals surface area (Å²) in [6.45, 7) is 3.05. The summed E-state index contributed by atoms with van der Waals surface area (Å²) in [4.78, 5) is 11.5. The summed E-state index contributed by atoms with van der Waals surface area (Å²) in [6, 6.07) is 4.65. The fourth-order valence-corrected chi connectivity index (χ4v) is 1.40. The van der Waals surface area contributed by atoms with Gasteiger partial charge in [0.15, 0.2) is 12.3 Å². The molecule has 1 N–H and O–H groups in total. The Morgan fingerprint density at radius 3 is 2.69 bits per heavy atom. The predicted molar refractivity (Wildman–Crippen MR) is 56.2 cm³/mol. The van der Waals surface area contributed by atoms with Crippen molar-refractivity contribution in [1.82, 2.24) is 0 Å². The Labute approximate surface area is 93.9 Å². The molecule has 1 aromatic rings. The maximum Gasteiger partial charge on any atom is 0.314 e. The first kappa shape index (κ1) is 12.4. The van der Waals surface area contributed by atoms with Gasteiger partial charge in [-0.1, -0.05) is 0 Å². The van der Waals surface area contributed by atoms with E-state index in [9.17, 15) is 15.1 Å². The van der Waals surface area contributed by atoms with E-state index in [0.29, 0.717) is 4.73 Å². The van der Waals surface area contributed by atoms with Crippen molar-refractivity contribution >= 4 is 5.97 Å². The van der Waals surface area contributed by atoms with Crippen LogP contribution in [0.3, 0.4) is 0 Å². The highest BCUT2D eigenvalue weighted by Crippen LogP contribution is 2.32. The van der Waals surface area contributed by atoms with Crippen LogP contribution in [0.1, 0.15) is 25.6 Å². The second-order valence-corrected chi connectivity index (χ2v) is 4.07. The van der Waals surface area contributed by atoms with E-state index in [2.05, 4.69) is 4.74 Å². The molecule has 0 bridgehead atoms. The molecular formula is C11H15NO4. The van der Waals surface area contributed by atoms with E-state index in [0.717, 1.165) is 0 Å². The van der Waals surface area contributed by atoms with Gasteiger partial charge >= 0.3 is 5.97 Å². The van der Waals surface area contributed by atoms with Gasteiger partial charge in [-0.2, -0.15) is 4.73 Å². The lowest BCUT2D eigenvalue weighted by atomic mass is 9.84. The first-order valence-corrected chi connectivity index (χ1v) is 4.86. The molecule has 0 unspecified atom stereocenters. The predicted octanol–water partition coefficient (Wildman–Crippen LogP) is 0.553. The minimum atomic E-state index is -1.21. The summed E-state index contributed by atoms with van der Waals surface area (Å²) in [5.41, 5.74) is -1.04. The minimum Gasteiger partial charge on any atom is -0.618 e. The first-order valence-electron chi connectivity index (χ1n) is 4.86. The van der Waals surface area contributed by atoms with Crippen molar-refractivity contribution in [2.45, 2.75) is 20.0 Å². The Kier molecular flexibility index (Phi) is 3.49. The Balaban J connectivity index is 3.07. The molecule has 1 atom stereocenters. The summed E-state index contributed by atoms with van der Waals surface area (Å²) in [5.74, 6) is -0.566. The van der Waals surface area contributed by atoms with Gasteiger partial charge in [0.1, 0.15) is 0 Å². The van der Waals surface area contributed by atoms with E-state index >= 15 is 0 Å². The van der Waals surface area contributed by atoms with Gasteiger partial charge in [-0.3, -0.25) is 4.79 Å². The molecule has 0 aliphatic rings. The molecule has 0 amide bonds. The summed E-state index contributed by atoms with van der Waals surface area (Å²) in [6.07, 6.45) is 0.0602. The molecule has 0 saturated heterocycles. The van der Waals surface area contributed by atoms with Crippen LogP contribution in [0.25, 0.3) is 0 Å². The highest BCUT2D eigenvalue weighted by atomic mass is 16.5. The Hall–Kier alpha value is -1.62. The molecule has 0 aromatic carbocycles. The number of nitrogens with zero attached hydrogens (tertiary/aromatic N) is 1. The van der Waals surface area contributed by atoms with Crippen LogP contribution in [-0.4, -0.2) is 18.2 Å². The number of aliphatic hydroxyl groups is 1. The second-order valence-electron chi connectivity index (χ2n) is 4.07. The zero-order valence-corrected chi connectivity index (χ0v) is 9.51. The van der Waals surface area contributed by atoms with Crippen molar-refractivity contribution in [2.24, 2.45) is 5.41 Å². The van der Waals surface area contributed by atoms with Crippen molar-refractivity contribution in [2.75, 3.05) is 7.11 Å². The number of hydrogen-bond acceptors (Lipinski definition) is 4. The molecule has 16 heavy (non-hydrogen) atoms. The number of carbonyl (C=O) groups excluding carboxylic acids is 1. The molecule has 1 heterocycles. The fourth-order valence-electron chi connectivity index (χ4n) is 1.40. The van der Waals surface area contributed by atoms with Crippen LogP contribution in [0.15, 0.2) is 24.4 Å². The van der Waals surface area contributed by atoms with Crippen LogP contribution in [-0.2, 0) is 9.53 Å². The first-order chi connectivity index (χ1) is 7.41. The van der Waals surface area contributed by atoms with E-state index in [1.807, 2.05) is 0 Å². The summed E-state index contributed by atoms with van der Waals surface area (Å²) >= 11 is 0. The third kappa shape index (κ3) is 2.14. The Morgan fingerprint density at radius 2 is 2.19 bits per heavy atom. The molecule has 5 heteroatoms. The van der Waals surface area contributed by atoms with Gasteiger partial charge in [-0.25, -0.2) is 0 Å². The monoisotopic (exact) mass is 225 g/mol. The number of ether oxygens (including phenoxy) is 1. The normalized spacial score (nSPS) is 13.2. The maximum absolute atomic E-state index is 11.5. The molecule has 5 nitrogen and oxygen atoms in total. The van der Waals surface area contributed by atoms with Gasteiger partial charge in [-0.05, 0) is 19.9 Å². The number of carbonyl (C=O) groups is 1. The number of aromatic nitrogens is 1. The average Bonchev–Trinajstić information content (AvgIpc) is 2.27. The molecule has 0 saturated carbocycles. The number of hydrogen-bond donors (Lipinski definition) is 1. The van der Waals surface area contributed by atoms with Crippen molar-refractivity contribution in [1.29, 1.82) is 0 Å². The highest BCUT2D eigenvalue weighted by molar-refractivity contribution is 5.76. The molecule has 0 aliphatic carbocycles. The van der Waals surface area contributed by atoms with Crippen molar-refractivity contribution < 1.29 is 19.4 Å². The zero-order valence-electron chi connectivity index (χ0n) is 9.51. The highest BCUT2D eigenvalue weighted by Gasteiger charge is 2.41. The Morgan fingerprint density at radius 1 is 1.56 bits per heavy atom. The van der Waals surface area contributed by atoms with Crippen LogP contribution < -0.4 is 4.73 Å². The van der Waals surface area contributed by atoms with Crippen LogP contribution in [0, 0.1) is 10.6 Å². The summed E-state index contributed by atoms with van der Waals surface area (Å²) in [5, 5.41) is 21.4. The third-order valence-electron chi connectivity index (χ3n) is 2.53. The Bertz CT molecular complexity index is 389. The molecule has 0 aliphatic heterocycles. The number of rotatable bonds is 3. The number of esters is 1. The number of methoxy groups -OCH3 is 1. The number of aliphatic hydroxyl groups excluding tert-OH is 1. The van der Waals surface area contributed by atoms with Gasteiger partial charge in [0.2, 0.25) is 5.69 Å². The molecule has 0 fully saturated rings. The smallest absolute Gasteiger partial charge is 0.314 e. The molecule has 88 valence electrons. The standard InChI is InChI=1S/C11H15NO4/c1-11(2,10(14)16-3)9(13)8-6-4-5-7-12(8)15/h4-7,9,13H,1-3H3/t9-/m1/s1. The topological polar surface area (TPSA) is 73.5 Å². The number of pyridine rings is 1. The molecular weight excluding hydrogens is 210 g/mol. The van der Waals surface area contributed by atoms with Crippen molar-refractivity contribution in [3.63, 3.8) is 0 Å². The van der Waals surface area contributed by atoms with E-state index in [4.69, 9.17) is 0 Å². The quantitative estimate of drug-likeness (QED) is 0.463. The van der Waals surface area contributed by atoms with Gasteiger partial charge < -0.3 is 15.1 Å². The molecule has 0 radical (unpaired) electrons. The van der Waals surface area contributed by atoms with Gasteiger partial charge in [0.25, 0.3) is 0 Å². The van der Waals surface area contributed by atoms with Gasteiger partial charge in [0, 0.05) is 12.1 Å². The largest absolute Gasteiger partial charge is 0.618 e. The van der Waals surface area contributed by atoms with E-state index in [1.165, 1.54) is 33.2 Å². The SMILES string of the molecule is COC(=O)C(C)(C)[C@H](O)c1cccc[n+]1[O-]. The zero-order chi connectivity index (χ0) is 12.3. The van der Waals surface area contributed by atoms with Gasteiger partial charge in [0.05, 0.1) is 12.5 Å². The van der Waals surface area contributed by atoms with Crippen LogP contribution in [0.2, 0.25) is 0 Å². The maximum atomic E-state index is 11.5. The lowest BCUT2D eigenvalue weighted by Gasteiger charge is -2.26. The minimum absolute atomic E-state index is 0.123. The molecule has 0 spiro atoms. The fraction of sp³-hybridized carbons (Fsp3) is 0.455. The van der Waals surface area contributed by atoms with E-state index in [1.54, 1.807) is 12.1 Å².